The van der Waals surface area contributed by atoms with Crippen molar-refractivity contribution in [3.63, 3.8) is 0 Å². The number of aromatic nitrogens is 4. The van der Waals surface area contributed by atoms with Crippen LogP contribution in [0, 0.1) is 12.7 Å². The summed E-state index contributed by atoms with van der Waals surface area (Å²) in [5.74, 6) is -0.284. The molecule has 29 heavy (non-hydrogen) atoms. The quantitative estimate of drug-likeness (QED) is 0.502. The highest BCUT2D eigenvalue weighted by atomic mass is 35.5. The predicted molar refractivity (Wildman–Crippen MR) is 111 cm³/mol. The van der Waals surface area contributed by atoms with Gasteiger partial charge in [-0.25, -0.2) is 9.07 Å². The summed E-state index contributed by atoms with van der Waals surface area (Å²) in [6.45, 7) is 3.05. The SMILES string of the molecule is Cc1cnc(CNCc2cn(-c3ccc(F)cc3)nc2-c2ccccc2Cl)cn1. The first-order chi connectivity index (χ1) is 14.1. The van der Waals surface area contributed by atoms with Crippen LogP contribution in [0.25, 0.3) is 16.9 Å². The first-order valence-electron chi connectivity index (χ1n) is 9.18. The lowest BCUT2D eigenvalue weighted by Gasteiger charge is -2.06. The van der Waals surface area contributed by atoms with Crippen LogP contribution in [0.15, 0.2) is 67.1 Å². The zero-order valence-electron chi connectivity index (χ0n) is 15.8. The summed E-state index contributed by atoms with van der Waals surface area (Å²) in [5.41, 5.74) is 5.12. The van der Waals surface area contributed by atoms with Gasteiger partial charge in [0.1, 0.15) is 5.82 Å². The van der Waals surface area contributed by atoms with Crippen LogP contribution < -0.4 is 5.32 Å². The number of halogens is 2. The molecule has 1 N–H and O–H groups in total. The fourth-order valence-corrected chi connectivity index (χ4v) is 3.21. The Kier molecular flexibility index (Phi) is 5.64. The zero-order chi connectivity index (χ0) is 20.2. The van der Waals surface area contributed by atoms with Crippen LogP contribution in [-0.2, 0) is 13.1 Å². The average Bonchev–Trinajstić information content (AvgIpc) is 3.14. The van der Waals surface area contributed by atoms with Crippen molar-refractivity contribution in [2.45, 2.75) is 20.0 Å². The van der Waals surface area contributed by atoms with Crippen LogP contribution >= 0.6 is 11.6 Å². The molecule has 4 aromatic rings. The fraction of sp³-hybridized carbons (Fsp3) is 0.136. The molecule has 0 atom stereocenters. The van der Waals surface area contributed by atoms with E-state index in [1.807, 2.05) is 37.4 Å². The molecule has 0 saturated carbocycles. The first kappa shape index (κ1) is 19.2. The second-order valence-corrected chi connectivity index (χ2v) is 7.06. The van der Waals surface area contributed by atoms with Gasteiger partial charge in [-0.3, -0.25) is 9.97 Å². The summed E-state index contributed by atoms with van der Waals surface area (Å²) in [6, 6.07) is 13.8. The van der Waals surface area contributed by atoms with Crippen LogP contribution in [0.5, 0.6) is 0 Å². The van der Waals surface area contributed by atoms with Gasteiger partial charge in [-0.1, -0.05) is 29.8 Å². The number of benzene rings is 2. The van der Waals surface area contributed by atoms with Crippen molar-refractivity contribution in [2.75, 3.05) is 0 Å². The van der Waals surface area contributed by atoms with Gasteiger partial charge < -0.3 is 5.32 Å². The van der Waals surface area contributed by atoms with Crippen LogP contribution in [0.3, 0.4) is 0 Å². The highest BCUT2D eigenvalue weighted by Crippen LogP contribution is 2.30. The molecule has 0 aliphatic rings. The Morgan fingerprint density at radius 1 is 1.00 bits per heavy atom. The predicted octanol–water partition coefficient (Wildman–Crippen LogP) is 4.72. The molecular formula is C22H19ClFN5. The van der Waals surface area contributed by atoms with Gasteiger partial charge in [0, 0.05) is 42.8 Å². The third kappa shape index (κ3) is 4.50. The highest BCUT2D eigenvalue weighted by molar-refractivity contribution is 6.33. The maximum absolute atomic E-state index is 13.3. The largest absolute Gasteiger partial charge is 0.307 e. The molecule has 0 radical (unpaired) electrons. The first-order valence-corrected chi connectivity index (χ1v) is 9.55. The van der Waals surface area contributed by atoms with E-state index in [1.165, 1.54) is 12.1 Å². The van der Waals surface area contributed by atoms with E-state index >= 15 is 0 Å². The summed E-state index contributed by atoms with van der Waals surface area (Å²) < 4.78 is 15.0. The van der Waals surface area contributed by atoms with E-state index in [0.29, 0.717) is 18.1 Å². The van der Waals surface area contributed by atoms with Crippen molar-refractivity contribution >= 4 is 11.6 Å². The minimum Gasteiger partial charge on any atom is -0.307 e. The Balaban J connectivity index is 1.62. The van der Waals surface area contributed by atoms with E-state index in [-0.39, 0.29) is 5.82 Å². The van der Waals surface area contributed by atoms with Gasteiger partial charge in [0.25, 0.3) is 0 Å². The van der Waals surface area contributed by atoms with Crippen molar-refractivity contribution in [2.24, 2.45) is 0 Å². The van der Waals surface area contributed by atoms with Crippen molar-refractivity contribution in [1.29, 1.82) is 0 Å². The van der Waals surface area contributed by atoms with E-state index < -0.39 is 0 Å². The number of nitrogens with one attached hydrogen (secondary N) is 1. The number of hydrogen-bond acceptors (Lipinski definition) is 4. The maximum atomic E-state index is 13.3. The number of rotatable bonds is 6. The summed E-state index contributed by atoms with van der Waals surface area (Å²) >= 11 is 6.41. The lowest BCUT2D eigenvalue weighted by Crippen LogP contribution is -2.14. The molecule has 5 nitrogen and oxygen atoms in total. The second kappa shape index (κ2) is 8.51. The fourth-order valence-electron chi connectivity index (χ4n) is 2.98. The summed E-state index contributed by atoms with van der Waals surface area (Å²) in [6.07, 6.45) is 5.44. The third-order valence-corrected chi connectivity index (χ3v) is 4.80. The molecule has 0 aliphatic carbocycles. The number of nitrogens with zero attached hydrogens (tertiary/aromatic N) is 4. The van der Waals surface area contributed by atoms with Gasteiger partial charge in [0.15, 0.2) is 0 Å². The van der Waals surface area contributed by atoms with Gasteiger partial charge in [0.05, 0.1) is 27.8 Å². The molecule has 146 valence electrons. The lowest BCUT2D eigenvalue weighted by molar-refractivity contribution is 0.627. The minimum atomic E-state index is -0.284. The van der Waals surface area contributed by atoms with Gasteiger partial charge in [-0.05, 0) is 37.3 Å². The van der Waals surface area contributed by atoms with Gasteiger partial charge in [-0.15, -0.1) is 0 Å². The normalized spacial score (nSPS) is 11.0. The Bertz CT molecular complexity index is 1110. The van der Waals surface area contributed by atoms with Crippen molar-refractivity contribution < 1.29 is 4.39 Å². The van der Waals surface area contributed by atoms with Crippen molar-refractivity contribution in [3.8, 4) is 16.9 Å². The Morgan fingerprint density at radius 3 is 2.52 bits per heavy atom. The monoisotopic (exact) mass is 407 g/mol. The van der Waals surface area contributed by atoms with Crippen molar-refractivity contribution in [3.05, 3.63) is 94.9 Å². The molecule has 0 bridgehead atoms. The van der Waals surface area contributed by atoms with Crippen LogP contribution in [0.2, 0.25) is 5.02 Å². The standard InChI is InChI=1S/C22H19ClFN5/c1-15-10-27-18(13-26-15)12-25-11-16-14-29(19-8-6-17(24)7-9-19)28-22(16)20-4-2-3-5-21(20)23/h2-10,13-14,25H,11-12H2,1H3. The molecule has 0 amide bonds. The second-order valence-electron chi connectivity index (χ2n) is 6.66. The van der Waals surface area contributed by atoms with E-state index in [0.717, 1.165) is 33.9 Å². The number of aryl methyl sites for hydroxylation is 1. The zero-order valence-corrected chi connectivity index (χ0v) is 16.6. The Hall–Kier alpha value is -3.09. The summed E-state index contributed by atoms with van der Waals surface area (Å²) in [7, 11) is 0. The molecule has 7 heteroatoms. The van der Waals surface area contributed by atoms with Gasteiger partial charge >= 0.3 is 0 Å². The van der Waals surface area contributed by atoms with Crippen LogP contribution in [0.1, 0.15) is 17.0 Å². The smallest absolute Gasteiger partial charge is 0.123 e. The molecule has 0 saturated heterocycles. The van der Waals surface area contributed by atoms with Crippen LogP contribution in [-0.4, -0.2) is 19.7 Å². The van der Waals surface area contributed by atoms with E-state index in [4.69, 9.17) is 16.7 Å². The summed E-state index contributed by atoms with van der Waals surface area (Å²) in [5, 5.41) is 8.73. The molecule has 0 fully saturated rings. The van der Waals surface area contributed by atoms with Crippen molar-refractivity contribution in [1.82, 2.24) is 25.1 Å². The maximum Gasteiger partial charge on any atom is 0.123 e. The van der Waals surface area contributed by atoms with Gasteiger partial charge in [-0.2, -0.15) is 5.10 Å². The molecule has 0 aliphatic heterocycles. The highest BCUT2D eigenvalue weighted by Gasteiger charge is 2.14. The van der Waals surface area contributed by atoms with Crippen LogP contribution in [0.4, 0.5) is 4.39 Å². The lowest BCUT2D eigenvalue weighted by atomic mass is 10.1. The number of hydrogen-bond donors (Lipinski definition) is 1. The molecular weight excluding hydrogens is 389 g/mol. The van der Waals surface area contributed by atoms with E-state index in [9.17, 15) is 4.39 Å². The minimum absolute atomic E-state index is 0.284. The van der Waals surface area contributed by atoms with Gasteiger partial charge in [0.2, 0.25) is 0 Å². The van der Waals surface area contributed by atoms with E-state index in [1.54, 1.807) is 29.2 Å². The molecule has 0 unspecified atom stereocenters. The van der Waals surface area contributed by atoms with E-state index in [2.05, 4.69) is 15.3 Å². The summed E-state index contributed by atoms with van der Waals surface area (Å²) in [4.78, 5) is 8.63. The molecule has 2 aromatic carbocycles. The third-order valence-electron chi connectivity index (χ3n) is 4.47. The molecule has 2 heterocycles. The molecule has 0 spiro atoms. The Labute approximate surface area is 173 Å². The molecule has 2 aromatic heterocycles. The topological polar surface area (TPSA) is 55.6 Å². The average molecular weight is 408 g/mol. The Morgan fingerprint density at radius 2 is 1.79 bits per heavy atom. The molecule has 4 rings (SSSR count).